The van der Waals surface area contributed by atoms with Gasteiger partial charge in [-0.1, -0.05) is 18.6 Å². The molecule has 2 aliphatic carbocycles. The van der Waals surface area contributed by atoms with E-state index in [1.165, 1.54) is 24.8 Å². The second-order valence-corrected chi connectivity index (χ2v) is 8.59. The number of halogens is 2. The molecule has 5 nitrogen and oxygen atoms in total. The summed E-state index contributed by atoms with van der Waals surface area (Å²) in [6.45, 7) is 4.82. The van der Waals surface area contributed by atoms with Gasteiger partial charge in [-0.3, -0.25) is 9.69 Å². The molecule has 0 aromatic heterocycles. The maximum Gasteiger partial charge on any atom is 0.227 e. The second-order valence-electron chi connectivity index (χ2n) is 8.59. The van der Waals surface area contributed by atoms with Crippen LogP contribution in [0.15, 0.2) is 24.3 Å². The van der Waals surface area contributed by atoms with Crippen LogP contribution in [-0.4, -0.2) is 49.7 Å². The van der Waals surface area contributed by atoms with Crippen molar-refractivity contribution in [2.45, 2.75) is 44.6 Å². The number of nitrogens with two attached hydrogens (primary N) is 1. The minimum Gasteiger partial charge on any atom is -0.379 e. The lowest BCUT2D eigenvalue weighted by Crippen LogP contribution is -2.48. The van der Waals surface area contributed by atoms with Gasteiger partial charge >= 0.3 is 0 Å². The molecule has 3 aliphatic rings. The molecule has 0 spiro atoms. The van der Waals surface area contributed by atoms with Crippen LogP contribution in [0.5, 0.6) is 0 Å². The van der Waals surface area contributed by atoms with Crippen LogP contribution >= 0.6 is 24.8 Å². The Balaban J connectivity index is 0.00000150. The summed E-state index contributed by atoms with van der Waals surface area (Å²) in [5, 5.41) is 3.14. The Labute approximate surface area is 186 Å². The van der Waals surface area contributed by atoms with Crippen molar-refractivity contribution in [3.05, 3.63) is 29.8 Å². The van der Waals surface area contributed by atoms with Gasteiger partial charge in [0.25, 0.3) is 0 Å². The fourth-order valence-electron chi connectivity index (χ4n) is 5.11. The number of carbonyl (C=O) groups excluding carboxylic acids is 1. The molecule has 164 valence electrons. The maximum atomic E-state index is 12.8. The molecule has 3 N–H and O–H groups in total. The average molecular weight is 444 g/mol. The smallest absolute Gasteiger partial charge is 0.227 e. The zero-order valence-corrected chi connectivity index (χ0v) is 18.7. The first-order valence-corrected chi connectivity index (χ1v) is 10.6. The number of morpholine rings is 1. The predicted molar refractivity (Wildman–Crippen MR) is 122 cm³/mol. The lowest BCUT2D eigenvalue weighted by Gasteiger charge is -2.43. The van der Waals surface area contributed by atoms with Gasteiger partial charge in [-0.25, -0.2) is 0 Å². The van der Waals surface area contributed by atoms with E-state index in [9.17, 15) is 4.79 Å². The molecule has 29 heavy (non-hydrogen) atoms. The number of rotatable bonds is 5. The van der Waals surface area contributed by atoms with Crippen LogP contribution in [0.2, 0.25) is 0 Å². The zero-order chi connectivity index (χ0) is 18.6. The van der Waals surface area contributed by atoms with Crippen LogP contribution in [-0.2, 0) is 16.0 Å². The number of fused-ring (bicyclic) bond motifs is 2. The Morgan fingerprint density at radius 3 is 2.31 bits per heavy atom. The topological polar surface area (TPSA) is 67.6 Å². The molecule has 1 aromatic carbocycles. The van der Waals surface area contributed by atoms with Crippen molar-refractivity contribution in [2.24, 2.45) is 23.5 Å². The van der Waals surface area contributed by atoms with Crippen LogP contribution in [0.4, 0.5) is 5.69 Å². The summed E-state index contributed by atoms with van der Waals surface area (Å²) in [5.74, 6) is 1.38. The van der Waals surface area contributed by atoms with E-state index in [1.807, 2.05) is 12.1 Å². The lowest BCUT2D eigenvalue weighted by atomic mass is 9.65. The third-order valence-corrected chi connectivity index (χ3v) is 6.83. The number of nitrogens with zero attached hydrogens (tertiary/aromatic N) is 1. The van der Waals surface area contributed by atoms with E-state index in [4.69, 9.17) is 10.5 Å². The number of carbonyl (C=O) groups is 1. The first-order chi connectivity index (χ1) is 13.2. The molecule has 7 heteroatoms. The van der Waals surface area contributed by atoms with Crippen LogP contribution in [0.25, 0.3) is 0 Å². The van der Waals surface area contributed by atoms with Gasteiger partial charge in [-0.15, -0.1) is 24.8 Å². The van der Waals surface area contributed by atoms with Gasteiger partial charge in [-0.05, 0) is 61.6 Å². The Bertz CT molecular complexity index is 623. The lowest BCUT2D eigenvalue weighted by molar-refractivity contribution is -0.122. The molecule has 2 saturated carbocycles. The highest BCUT2D eigenvalue weighted by atomic mass is 35.5. The summed E-state index contributed by atoms with van der Waals surface area (Å²) >= 11 is 0. The van der Waals surface area contributed by atoms with E-state index >= 15 is 0 Å². The minimum atomic E-state index is 0. The van der Waals surface area contributed by atoms with Crippen molar-refractivity contribution >= 4 is 36.4 Å². The number of anilines is 1. The highest BCUT2D eigenvalue weighted by Gasteiger charge is 2.40. The van der Waals surface area contributed by atoms with Crippen molar-refractivity contribution in [1.29, 1.82) is 0 Å². The van der Waals surface area contributed by atoms with Crippen molar-refractivity contribution < 1.29 is 9.53 Å². The van der Waals surface area contributed by atoms with E-state index in [-0.39, 0.29) is 36.6 Å². The Morgan fingerprint density at radius 1 is 1.07 bits per heavy atom. The minimum absolute atomic E-state index is 0. The second kappa shape index (κ2) is 11.5. The zero-order valence-electron chi connectivity index (χ0n) is 17.1. The first-order valence-electron chi connectivity index (χ1n) is 10.6. The largest absolute Gasteiger partial charge is 0.379 e. The van der Waals surface area contributed by atoms with Crippen LogP contribution in [0, 0.1) is 17.8 Å². The summed E-state index contributed by atoms with van der Waals surface area (Å²) in [6.07, 6.45) is 6.63. The third kappa shape index (κ3) is 6.31. The Kier molecular flexibility index (Phi) is 9.70. The molecule has 1 amide bonds. The SMILES string of the molecule is Cl.Cl.NC1C2CCCC1CC(C(=O)Nc1ccc(CCN3CCOCC3)cc1)C2. The third-order valence-electron chi connectivity index (χ3n) is 6.83. The molecule has 2 unspecified atom stereocenters. The van der Waals surface area contributed by atoms with Gasteiger partial charge in [0.2, 0.25) is 5.91 Å². The van der Waals surface area contributed by atoms with Gasteiger partial charge < -0.3 is 15.8 Å². The molecule has 2 atom stereocenters. The highest BCUT2D eigenvalue weighted by molar-refractivity contribution is 5.92. The Morgan fingerprint density at radius 2 is 1.69 bits per heavy atom. The molecule has 0 radical (unpaired) electrons. The number of hydrogen-bond donors (Lipinski definition) is 2. The fraction of sp³-hybridized carbons (Fsp3) is 0.682. The molecule has 3 fully saturated rings. The maximum absolute atomic E-state index is 12.8. The quantitative estimate of drug-likeness (QED) is 0.730. The standard InChI is InChI=1S/C22H33N3O2.2ClH/c23-21-17-2-1-3-18(21)15-19(14-17)22(26)24-20-6-4-16(5-7-20)8-9-25-10-12-27-13-11-25;;/h4-7,17-19,21H,1-3,8-15,23H2,(H,24,26);2*1H. The van der Waals surface area contributed by atoms with Gasteiger partial charge in [0, 0.05) is 37.3 Å². The van der Waals surface area contributed by atoms with E-state index in [2.05, 4.69) is 22.3 Å². The van der Waals surface area contributed by atoms with E-state index in [0.717, 1.165) is 57.8 Å². The number of amides is 1. The van der Waals surface area contributed by atoms with Crippen LogP contribution in [0.1, 0.15) is 37.7 Å². The van der Waals surface area contributed by atoms with E-state index in [0.29, 0.717) is 17.9 Å². The van der Waals surface area contributed by atoms with Gasteiger partial charge in [0.15, 0.2) is 0 Å². The highest BCUT2D eigenvalue weighted by Crippen LogP contribution is 2.42. The van der Waals surface area contributed by atoms with Crippen LogP contribution in [0.3, 0.4) is 0 Å². The van der Waals surface area contributed by atoms with Gasteiger partial charge in [-0.2, -0.15) is 0 Å². The van der Waals surface area contributed by atoms with Crippen molar-refractivity contribution in [3.63, 3.8) is 0 Å². The molecule has 1 saturated heterocycles. The van der Waals surface area contributed by atoms with E-state index in [1.54, 1.807) is 0 Å². The number of hydrogen-bond acceptors (Lipinski definition) is 4. The van der Waals surface area contributed by atoms with Gasteiger partial charge in [0.1, 0.15) is 0 Å². The van der Waals surface area contributed by atoms with Crippen molar-refractivity contribution in [3.8, 4) is 0 Å². The van der Waals surface area contributed by atoms with Gasteiger partial charge in [0.05, 0.1) is 13.2 Å². The predicted octanol–water partition coefficient (Wildman–Crippen LogP) is 3.50. The monoisotopic (exact) mass is 443 g/mol. The van der Waals surface area contributed by atoms with Crippen molar-refractivity contribution in [1.82, 2.24) is 4.90 Å². The molecular weight excluding hydrogens is 409 g/mol. The number of ether oxygens (including phenoxy) is 1. The summed E-state index contributed by atoms with van der Waals surface area (Å²) in [5.41, 5.74) is 8.59. The molecule has 1 aliphatic heterocycles. The summed E-state index contributed by atoms with van der Waals surface area (Å²) < 4.78 is 5.40. The molecule has 1 heterocycles. The normalized spacial score (nSPS) is 29.3. The Hall–Kier alpha value is -0.850. The first kappa shape index (κ1) is 24.4. The summed E-state index contributed by atoms with van der Waals surface area (Å²) in [4.78, 5) is 15.2. The molecular formula is C22H35Cl2N3O2. The molecule has 2 bridgehead atoms. The molecule has 1 aromatic rings. The van der Waals surface area contributed by atoms with Crippen LogP contribution < -0.4 is 11.1 Å². The average Bonchev–Trinajstić information content (AvgIpc) is 2.68. The number of benzene rings is 1. The summed E-state index contributed by atoms with van der Waals surface area (Å²) in [7, 11) is 0. The number of nitrogens with one attached hydrogen (secondary N) is 1. The fourth-order valence-corrected chi connectivity index (χ4v) is 5.11. The van der Waals surface area contributed by atoms with E-state index < -0.39 is 0 Å². The summed E-state index contributed by atoms with van der Waals surface area (Å²) in [6, 6.07) is 8.68. The molecule has 4 rings (SSSR count). The van der Waals surface area contributed by atoms with Crippen molar-refractivity contribution in [2.75, 3.05) is 38.2 Å².